The van der Waals surface area contributed by atoms with E-state index >= 15 is 0 Å². The van der Waals surface area contributed by atoms with Crippen molar-refractivity contribution in [1.82, 2.24) is 5.32 Å². The molecule has 0 aromatic rings. The van der Waals surface area contributed by atoms with Gasteiger partial charge in [0, 0.05) is 18.7 Å². The van der Waals surface area contributed by atoms with Crippen LogP contribution in [0.3, 0.4) is 0 Å². The smallest absolute Gasteiger partial charge is 0.0685 e. The van der Waals surface area contributed by atoms with E-state index in [1.54, 1.807) is 0 Å². The average Bonchev–Trinajstić information content (AvgIpc) is 2.84. The van der Waals surface area contributed by atoms with Crippen LogP contribution in [0.5, 0.6) is 0 Å². The minimum atomic E-state index is 0.330. The van der Waals surface area contributed by atoms with Gasteiger partial charge in [0.15, 0.2) is 0 Å². The highest BCUT2D eigenvalue weighted by Crippen LogP contribution is 2.46. The second kappa shape index (κ2) is 4.49. The third-order valence-corrected chi connectivity index (χ3v) is 6.30. The maximum atomic E-state index is 6.08. The molecular formula is C16H27NO. The third-order valence-electron chi connectivity index (χ3n) is 6.30. The molecule has 2 heteroatoms. The van der Waals surface area contributed by atoms with Crippen molar-refractivity contribution in [3.05, 3.63) is 0 Å². The predicted molar refractivity (Wildman–Crippen MR) is 72.5 cm³/mol. The number of ether oxygens (including phenoxy) is 1. The Kier molecular flexibility index (Phi) is 2.92. The number of piperidine rings is 1. The second-order valence-electron chi connectivity index (χ2n) is 7.29. The Morgan fingerprint density at radius 1 is 0.833 bits per heavy atom. The van der Waals surface area contributed by atoms with Crippen molar-refractivity contribution in [1.29, 1.82) is 0 Å². The van der Waals surface area contributed by atoms with Crippen LogP contribution in [0.4, 0.5) is 0 Å². The molecule has 0 aromatic carbocycles. The average molecular weight is 249 g/mol. The zero-order valence-electron chi connectivity index (χ0n) is 11.5. The molecule has 4 fully saturated rings. The lowest BCUT2D eigenvalue weighted by Gasteiger charge is -2.50. The maximum absolute atomic E-state index is 6.08. The van der Waals surface area contributed by atoms with Crippen molar-refractivity contribution >= 4 is 0 Å². The summed E-state index contributed by atoms with van der Waals surface area (Å²) in [6, 6.07) is 1.68. The molecule has 2 heterocycles. The van der Waals surface area contributed by atoms with Crippen LogP contribution in [0, 0.1) is 11.8 Å². The number of rotatable bonds is 1. The van der Waals surface area contributed by atoms with Gasteiger partial charge in [-0.25, -0.2) is 0 Å². The summed E-state index contributed by atoms with van der Waals surface area (Å²) in [5.74, 6) is 1.92. The summed E-state index contributed by atoms with van der Waals surface area (Å²) in [4.78, 5) is 0. The highest BCUT2D eigenvalue weighted by Gasteiger charge is 2.45. The van der Waals surface area contributed by atoms with Gasteiger partial charge in [-0.05, 0) is 69.6 Å². The summed E-state index contributed by atoms with van der Waals surface area (Å²) in [6.45, 7) is 1.02. The van der Waals surface area contributed by atoms with Crippen molar-refractivity contribution < 1.29 is 4.74 Å². The maximum Gasteiger partial charge on any atom is 0.0685 e. The van der Waals surface area contributed by atoms with Gasteiger partial charge in [0.1, 0.15) is 0 Å². The van der Waals surface area contributed by atoms with Gasteiger partial charge >= 0.3 is 0 Å². The summed E-state index contributed by atoms with van der Waals surface area (Å²) in [5, 5.41) is 4.02. The third kappa shape index (κ3) is 1.92. The standard InChI is InChI=1S/C16H27NO/c1-3-12-5-6-15(17-14(12)4-1)13-7-10-18-16(11-13)8-2-9-16/h12-15,17H,1-11H2. The van der Waals surface area contributed by atoms with E-state index in [1.165, 1.54) is 64.2 Å². The number of nitrogens with one attached hydrogen (secondary N) is 1. The molecule has 4 rings (SSSR count). The molecule has 1 N–H and O–H groups in total. The SMILES string of the molecule is C1CC2CCC(C3CCOC4(CCC4)C3)NC2C1. The lowest BCUT2D eigenvalue weighted by molar-refractivity contribution is -0.148. The van der Waals surface area contributed by atoms with Crippen LogP contribution in [-0.4, -0.2) is 24.3 Å². The molecular weight excluding hydrogens is 222 g/mol. The largest absolute Gasteiger partial charge is 0.375 e. The molecule has 2 aliphatic carbocycles. The van der Waals surface area contributed by atoms with Gasteiger partial charge in [-0.15, -0.1) is 0 Å². The molecule has 2 aliphatic heterocycles. The van der Waals surface area contributed by atoms with Gasteiger partial charge in [0.05, 0.1) is 5.60 Å². The fourth-order valence-corrected chi connectivity index (χ4v) is 5.05. The van der Waals surface area contributed by atoms with Crippen molar-refractivity contribution in [3.63, 3.8) is 0 Å². The zero-order valence-corrected chi connectivity index (χ0v) is 11.5. The Morgan fingerprint density at radius 2 is 1.72 bits per heavy atom. The van der Waals surface area contributed by atoms with Crippen LogP contribution in [-0.2, 0) is 4.74 Å². The first kappa shape index (κ1) is 11.7. The number of hydrogen-bond donors (Lipinski definition) is 1. The molecule has 0 amide bonds. The highest BCUT2D eigenvalue weighted by molar-refractivity contribution is 4.99. The first-order valence-electron chi connectivity index (χ1n) is 8.25. The van der Waals surface area contributed by atoms with E-state index in [9.17, 15) is 0 Å². The molecule has 0 aromatic heterocycles. The molecule has 102 valence electrons. The van der Waals surface area contributed by atoms with Crippen molar-refractivity contribution in [3.8, 4) is 0 Å². The fraction of sp³-hybridized carbons (Fsp3) is 1.00. The monoisotopic (exact) mass is 249 g/mol. The van der Waals surface area contributed by atoms with E-state index in [2.05, 4.69) is 5.32 Å². The molecule has 2 nitrogen and oxygen atoms in total. The molecule has 18 heavy (non-hydrogen) atoms. The number of hydrogen-bond acceptors (Lipinski definition) is 2. The van der Waals surface area contributed by atoms with Crippen molar-refractivity contribution in [2.45, 2.75) is 81.9 Å². The molecule has 2 saturated carbocycles. The molecule has 4 aliphatic rings. The van der Waals surface area contributed by atoms with Gasteiger partial charge in [-0.3, -0.25) is 0 Å². The van der Waals surface area contributed by atoms with Crippen LogP contribution < -0.4 is 5.32 Å². The van der Waals surface area contributed by atoms with Gasteiger partial charge < -0.3 is 10.1 Å². The van der Waals surface area contributed by atoms with Crippen LogP contribution in [0.2, 0.25) is 0 Å². The van der Waals surface area contributed by atoms with E-state index in [1.807, 2.05) is 0 Å². The molecule has 2 saturated heterocycles. The fourth-order valence-electron chi connectivity index (χ4n) is 5.05. The van der Waals surface area contributed by atoms with Gasteiger partial charge in [0.2, 0.25) is 0 Å². The summed E-state index contributed by atoms with van der Waals surface area (Å²) >= 11 is 0. The van der Waals surface area contributed by atoms with Gasteiger partial charge in [-0.1, -0.05) is 6.42 Å². The van der Waals surface area contributed by atoms with Crippen LogP contribution >= 0.6 is 0 Å². The van der Waals surface area contributed by atoms with Crippen LogP contribution in [0.15, 0.2) is 0 Å². The highest BCUT2D eigenvalue weighted by atomic mass is 16.5. The van der Waals surface area contributed by atoms with Crippen LogP contribution in [0.1, 0.15) is 64.2 Å². The summed E-state index contributed by atoms with van der Waals surface area (Å²) in [6.07, 6.45) is 14.0. The zero-order chi connectivity index (χ0) is 12.0. The normalized spacial score (nSPS) is 46.7. The number of fused-ring (bicyclic) bond motifs is 1. The Balaban J connectivity index is 1.40. The van der Waals surface area contributed by atoms with E-state index in [0.29, 0.717) is 5.60 Å². The molecule has 0 radical (unpaired) electrons. The summed E-state index contributed by atoms with van der Waals surface area (Å²) < 4.78 is 6.08. The Labute approximate surface area is 111 Å². The minimum Gasteiger partial charge on any atom is -0.375 e. The Bertz CT molecular complexity index is 312. The topological polar surface area (TPSA) is 21.3 Å². The van der Waals surface area contributed by atoms with Gasteiger partial charge in [0.25, 0.3) is 0 Å². The Morgan fingerprint density at radius 3 is 2.56 bits per heavy atom. The first-order chi connectivity index (χ1) is 8.85. The van der Waals surface area contributed by atoms with Crippen LogP contribution in [0.25, 0.3) is 0 Å². The quantitative estimate of drug-likeness (QED) is 0.770. The molecule has 0 bridgehead atoms. The van der Waals surface area contributed by atoms with E-state index in [0.717, 1.165) is 30.5 Å². The molecule has 4 unspecified atom stereocenters. The molecule has 1 spiro atoms. The second-order valence-corrected chi connectivity index (χ2v) is 7.29. The predicted octanol–water partition coefficient (Wildman–Crippen LogP) is 3.26. The first-order valence-corrected chi connectivity index (χ1v) is 8.25. The lowest BCUT2D eigenvalue weighted by Crippen LogP contribution is -2.54. The van der Waals surface area contributed by atoms with E-state index in [4.69, 9.17) is 4.74 Å². The molecule has 4 atom stereocenters. The van der Waals surface area contributed by atoms with Crippen molar-refractivity contribution in [2.75, 3.05) is 6.61 Å². The lowest BCUT2D eigenvalue weighted by atomic mass is 9.69. The minimum absolute atomic E-state index is 0.330. The van der Waals surface area contributed by atoms with E-state index < -0.39 is 0 Å². The van der Waals surface area contributed by atoms with Gasteiger partial charge in [-0.2, -0.15) is 0 Å². The Hall–Kier alpha value is -0.0800. The summed E-state index contributed by atoms with van der Waals surface area (Å²) in [7, 11) is 0. The van der Waals surface area contributed by atoms with Crippen molar-refractivity contribution in [2.24, 2.45) is 11.8 Å². The van der Waals surface area contributed by atoms with E-state index in [-0.39, 0.29) is 0 Å². The summed E-state index contributed by atoms with van der Waals surface area (Å²) in [5.41, 5.74) is 0.330.